The molecule has 0 spiro atoms. The summed E-state index contributed by atoms with van der Waals surface area (Å²) in [5.41, 5.74) is 0.762. The van der Waals surface area contributed by atoms with Crippen molar-refractivity contribution in [3.63, 3.8) is 0 Å². The molecule has 1 fully saturated rings. The van der Waals surface area contributed by atoms with Gasteiger partial charge in [0.15, 0.2) is 0 Å². The zero-order valence-electron chi connectivity index (χ0n) is 13.4. The molecule has 7 nitrogen and oxygen atoms in total. The molecular formula is C16H18FN5O2. The molecule has 0 aliphatic heterocycles. The lowest BCUT2D eigenvalue weighted by Gasteiger charge is -2.13. The lowest BCUT2D eigenvalue weighted by atomic mass is 10.2. The van der Waals surface area contributed by atoms with Crippen LogP contribution in [0.4, 0.5) is 27.5 Å². The molecule has 1 aliphatic rings. The van der Waals surface area contributed by atoms with Gasteiger partial charge in [0.05, 0.1) is 16.7 Å². The Morgan fingerprint density at radius 1 is 1.29 bits per heavy atom. The highest BCUT2D eigenvalue weighted by Gasteiger charge is 2.26. The molecule has 0 radical (unpaired) electrons. The first-order valence-electron chi connectivity index (χ1n) is 7.79. The molecule has 0 amide bonds. The Hall–Kier alpha value is -2.77. The van der Waals surface area contributed by atoms with Crippen LogP contribution in [-0.4, -0.2) is 20.9 Å². The average Bonchev–Trinajstić information content (AvgIpc) is 3.32. The maximum absolute atomic E-state index is 13.3. The zero-order valence-corrected chi connectivity index (χ0v) is 13.4. The number of anilines is 3. The number of rotatable bonds is 6. The van der Waals surface area contributed by atoms with Gasteiger partial charge in [-0.25, -0.2) is 9.37 Å². The predicted molar refractivity (Wildman–Crippen MR) is 89.1 cm³/mol. The maximum Gasteiger partial charge on any atom is 0.295 e. The Morgan fingerprint density at radius 3 is 2.67 bits per heavy atom. The first kappa shape index (κ1) is 16.1. The first-order valence-corrected chi connectivity index (χ1v) is 7.79. The summed E-state index contributed by atoms with van der Waals surface area (Å²) in [4.78, 5) is 19.3. The minimum absolute atomic E-state index is 0.160. The van der Waals surface area contributed by atoms with E-state index >= 15 is 0 Å². The highest BCUT2D eigenvalue weighted by molar-refractivity contribution is 5.68. The number of nitro benzene ring substituents is 1. The molecule has 8 heteroatoms. The van der Waals surface area contributed by atoms with Crippen molar-refractivity contribution in [2.75, 3.05) is 10.6 Å². The number of hydrogen-bond acceptors (Lipinski definition) is 6. The van der Waals surface area contributed by atoms with Gasteiger partial charge in [-0.3, -0.25) is 10.1 Å². The lowest BCUT2D eigenvalue weighted by molar-refractivity contribution is -0.384. The monoisotopic (exact) mass is 331 g/mol. The van der Waals surface area contributed by atoms with Crippen LogP contribution >= 0.6 is 0 Å². The summed E-state index contributed by atoms with van der Waals surface area (Å²) in [6.45, 7) is 3.95. The molecule has 0 bridgehead atoms. The van der Waals surface area contributed by atoms with E-state index in [1.54, 1.807) is 6.07 Å². The summed E-state index contributed by atoms with van der Waals surface area (Å²) in [6, 6.07) is 5.34. The van der Waals surface area contributed by atoms with Crippen LogP contribution in [0.25, 0.3) is 0 Å². The van der Waals surface area contributed by atoms with Crippen molar-refractivity contribution in [2.24, 2.45) is 0 Å². The van der Waals surface area contributed by atoms with Gasteiger partial charge < -0.3 is 10.6 Å². The van der Waals surface area contributed by atoms with Gasteiger partial charge in [0, 0.05) is 18.0 Å². The van der Waals surface area contributed by atoms with Gasteiger partial charge in [-0.05, 0) is 38.8 Å². The number of nitrogens with zero attached hydrogens (tertiary/aromatic N) is 3. The summed E-state index contributed by atoms with van der Waals surface area (Å²) in [7, 11) is 0. The van der Waals surface area contributed by atoms with Gasteiger partial charge in [-0.15, -0.1) is 0 Å². The number of nitrogens with one attached hydrogen (secondary N) is 2. The molecule has 3 rings (SSSR count). The van der Waals surface area contributed by atoms with Crippen LogP contribution in [0.3, 0.4) is 0 Å². The van der Waals surface area contributed by atoms with Gasteiger partial charge in [0.1, 0.15) is 17.3 Å². The summed E-state index contributed by atoms with van der Waals surface area (Å²) in [6.07, 6.45) is 2.16. The Balaban J connectivity index is 1.94. The van der Waals surface area contributed by atoms with E-state index in [9.17, 15) is 14.5 Å². The van der Waals surface area contributed by atoms with Crippen molar-refractivity contribution in [2.45, 2.75) is 38.6 Å². The van der Waals surface area contributed by atoms with Gasteiger partial charge >= 0.3 is 0 Å². The fourth-order valence-electron chi connectivity index (χ4n) is 2.34. The minimum Gasteiger partial charge on any atom is -0.352 e. The minimum atomic E-state index is -0.657. The van der Waals surface area contributed by atoms with E-state index in [1.165, 1.54) is 12.1 Å². The van der Waals surface area contributed by atoms with Crippen molar-refractivity contribution >= 4 is 23.1 Å². The predicted octanol–water partition coefficient (Wildman–Crippen LogP) is 3.97. The van der Waals surface area contributed by atoms with E-state index in [0.717, 1.165) is 24.6 Å². The average molecular weight is 331 g/mol. The second-order valence-corrected chi connectivity index (χ2v) is 6.12. The molecule has 1 aliphatic carbocycles. The van der Waals surface area contributed by atoms with E-state index in [2.05, 4.69) is 20.6 Å². The number of nitro groups is 1. The van der Waals surface area contributed by atoms with Gasteiger partial charge in [-0.2, -0.15) is 4.98 Å². The number of benzene rings is 1. The van der Waals surface area contributed by atoms with E-state index in [4.69, 9.17) is 0 Å². The van der Waals surface area contributed by atoms with Crippen molar-refractivity contribution in [3.8, 4) is 0 Å². The molecule has 0 unspecified atom stereocenters. The van der Waals surface area contributed by atoms with Crippen LogP contribution < -0.4 is 10.6 Å². The summed E-state index contributed by atoms with van der Waals surface area (Å²) < 4.78 is 13.3. The second-order valence-electron chi connectivity index (χ2n) is 6.12. The second kappa shape index (κ2) is 6.38. The SMILES string of the molecule is CC(C)Nc1nc(Nc2ccc(F)cc2[N+](=O)[O-])cc(C2CC2)n1. The van der Waals surface area contributed by atoms with Crippen LogP contribution in [0.15, 0.2) is 24.3 Å². The fraction of sp³-hybridized carbons (Fsp3) is 0.375. The highest BCUT2D eigenvalue weighted by atomic mass is 19.1. The Labute approximate surface area is 138 Å². The normalized spacial score (nSPS) is 13.8. The van der Waals surface area contributed by atoms with Gasteiger partial charge in [0.25, 0.3) is 5.69 Å². The number of hydrogen-bond donors (Lipinski definition) is 2. The molecule has 126 valence electrons. The zero-order chi connectivity index (χ0) is 17.3. The largest absolute Gasteiger partial charge is 0.352 e. The summed E-state index contributed by atoms with van der Waals surface area (Å²) >= 11 is 0. The topological polar surface area (TPSA) is 93.0 Å². The van der Waals surface area contributed by atoms with E-state index < -0.39 is 10.7 Å². The van der Waals surface area contributed by atoms with E-state index in [0.29, 0.717) is 17.7 Å². The number of aromatic nitrogens is 2. The van der Waals surface area contributed by atoms with Gasteiger partial charge in [-0.1, -0.05) is 0 Å². The molecule has 2 N–H and O–H groups in total. The van der Waals surface area contributed by atoms with Crippen LogP contribution in [0.1, 0.15) is 38.3 Å². The van der Waals surface area contributed by atoms with E-state index in [-0.39, 0.29) is 17.4 Å². The van der Waals surface area contributed by atoms with Gasteiger partial charge in [0.2, 0.25) is 5.95 Å². The summed E-state index contributed by atoms with van der Waals surface area (Å²) in [5.74, 6) is 0.673. The molecule has 1 aromatic carbocycles. The quantitative estimate of drug-likeness (QED) is 0.614. The molecule has 0 atom stereocenters. The third kappa shape index (κ3) is 3.76. The summed E-state index contributed by atoms with van der Waals surface area (Å²) in [5, 5.41) is 17.2. The maximum atomic E-state index is 13.3. The molecular weight excluding hydrogens is 313 g/mol. The number of halogens is 1. The Bertz CT molecular complexity index is 777. The lowest BCUT2D eigenvalue weighted by Crippen LogP contribution is -2.14. The Morgan fingerprint density at radius 2 is 2.04 bits per heavy atom. The Kier molecular flexibility index (Phi) is 4.28. The standard InChI is InChI=1S/C16H18FN5O2/c1-9(2)18-16-20-13(10-3-4-10)8-15(21-16)19-12-6-5-11(17)7-14(12)22(23)24/h5-10H,3-4H2,1-2H3,(H2,18,19,20,21). The van der Waals surface area contributed by atoms with Crippen molar-refractivity contribution in [1.29, 1.82) is 0 Å². The molecule has 1 aromatic heterocycles. The van der Waals surface area contributed by atoms with Crippen molar-refractivity contribution in [3.05, 3.63) is 45.9 Å². The smallest absolute Gasteiger partial charge is 0.295 e. The fourth-order valence-corrected chi connectivity index (χ4v) is 2.34. The molecule has 2 aromatic rings. The van der Waals surface area contributed by atoms with E-state index in [1.807, 2.05) is 13.8 Å². The van der Waals surface area contributed by atoms with Crippen LogP contribution in [-0.2, 0) is 0 Å². The molecule has 1 heterocycles. The highest BCUT2D eigenvalue weighted by Crippen LogP contribution is 2.40. The van der Waals surface area contributed by atoms with Crippen molar-refractivity contribution < 1.29 is 9.31 Å². The van der Waals surface area contributed by atoms with Crippen molar-refractivity contribution in [1.82, 2.24) is 9.97 Å². The molecule has 0 saturated heterocycles. The van der Waals surface area contributed by atoms with Crippen LogP contribution in [0.5, 0.6) is 0 Å². The van der Waals surface area contributed by atoms with Crippen LogP contribution in [0, 0.1) is 15.9 Å². The first-order chi connectivity index (χ1) is 11.4. The third-order valence-corrected chi connectivity index (χ3v) is 3.58. The molecule has 24 heavy (non-hydrogen) atoms. The molecule has 1 saturated carbocycles. The van der Waals surface area contributed by atoms with Crippen LogP contribution in [0.2, 0.25) is 0 Å². The third-order valence-electron chi connectivity index (χ3n) is 3.58.